The molecule has 0 heterocycles. The van der Waals surface area contributed by atoms with E-state index in [9.17, 15) is 4.79 Å². The van der Waals surface area contributed by atoms with E-state index in [1.54, 1.807) is 11.8 Å². The fraction of sp³-hybridized carbons (Fsp3) is 0.562. The van der Waals surface area contributed by atoms with Crippen LogP contribution in [-0.4, -0.2) is 30.2 Å². The van der Waals surface area contributed by atoms with Crippen LogP contribution in [0.1, 0.15) is 44.0 Å². The molecule has 1 aromatic carbocycles. The summed E-state index contributed by atoms with van der Waals surface area (Å²) < 4.78 is 0. The van der Waals surface area contributed by atoms with Crippen molar-refractivity contribution in [2.24, 2.45) is 5.92 Å². The van der Waals surface area contributed by atoms with E-state index in [4.69, 9.17) is 0 Å². The standard InChI is InChI=1S/C16H25NOS/c1-5-13(6-2)12-17(7-3)16(18)14-8-10-15(19-4)11-9-14/h8-11,13H,5-7,12H2,1-4H3. The number of thioether (sulfide) groups is 1. The van der Waals surface area contributed by atoms with Crippen molar-refractivity contribution in [3.8, 4) is 0 Å². The van der Waals surface area contributed by atoms with Crippen molar-refractivity contribution in [2.75, 3.05) is 19.3 Å². The Bertz CT molecular complexity index is 384. The van der Waals surface area contributed by atoms with Gasteiger partial charge in [-0.15, -0.1) is 11.8 Å². The number of carbonyl (C=O) groups excluding carboxylic acids is 1. The summed E-state index contributed by atoms with van der Waals surface area (Å²) in [7, 11) is 0. The Hall–Kier alpha value is -0.960. The zero-order chi connectivity index (χ0) is 14.3. The van der Waals surface area contributed by atoms with E-state index in [1.807, 2.05) is 35.4 Å². The van der Waals surface area contributed by atoms with E-state index < -0.39 is 0 Å². The summed E-state index contributed by atoms with van der Waals surface area (Å²) in [6.07, 6.45) is 4.31. The fourth-order valence-corrected chi connectivity index (χ4v) is 2.54. The molecule has 0 spiro atoms. The zero-order valence-corrected chi connectivity index (χ0v) is 13.3. The molecule has 0 atom stereocenters. The second kappa shape index (κ2) is 8.26. The first kappa shape index (κ1) is 16.1. The average Bonchev–Trinajstić information content (AvgIpc) is 2.48. The number of amides is 1. The van der Waals surface area contributed by atoms with E-state index in [1.165, 1.54) is 4.90 Å². The first-order valence-corrected chi connectivity index (χ1v) is 8.31. The van der Waals surface area contributed by atoms with Crippen molar-refractivity contribution in [3.05, 3.63) is 29.8 Å². The van der Waals surface area contributed by atoms with Crippen molar-refractivity contribution in [1.29, 1.82) is 0 Å². The van der Waals surface area contributed by atoms with E-state index >= 15 is 0 Å². The molecule has 106 valence electrons. The van der Waals surface area contributed by atoms with Gasteiger partial charge in [-0.3, -0.25) is 4.79 Å². The van der Waals surface area contributed by atoms with Crippen LogP contribution in [0.5, 0.6) is 0 Å². The number of nitrogens with zero attached hydrogens (tertiary/aromatic N) is 1. The van der Waals surface area contributed by atoms with Crippen molar-refractivity contribution in [1.82, 2.24) is 4.90 Å². The molecule has 0 saturated carbocycles. The third kappa shape index (κ3) is 4.57. The molecule has 0 saturated heterocycles. The van der Waals surface area contributed by atoms with Crippen LogP contribution in [0.4, 0.5) is 0 Å². The minimum absolute atomic E-state index is 0.155. The van der Waals surface area contributed by atoms with Crippen molar-refractivity contribution in [2.45, 2.75) is 38.5 Å². The zero-order valence-electron chi connectivity index (χ0n) is 12.5. The van der Waals surface area contributed by atoms with Crippen LogP contribution in [0.25, 0.3) is 0 Å². The summed E-state index contributed by atoms with van der Waals surface area (Å²) in [5.74, 6) is 0.761. The maximum atomic E-state index is 12.5. The first-order valence-electron chi connectivity index (χ1n) is 7.09. The van der Waals surface area contributed by atoms with Gasteiger partial charge in [0.2, 0.25) is 0 Å². The third-order valence-corrected chi connectivity index (χ3v) is 4.38. The highest BCUT2D eigenvalue weighted by atomic mass is 32.2. The highest BCUT2D eigenvalue weighted by Gasteiger charge is 2.17. The highest BCUT2D eigenvalue weighted by Crippen LogP contribution is 2.17. The van der Waals surface area contributed by atoms with Crippen LogP contribution < -0.4 is 0 Å². The summed E-state index contributed by atoms with van der Waals surface area (Å²) in [6.45, 7) is 8.09. The quantitative estimate of drug-likeness (QED) is 0.693. The van der Waals surface area contributed by atoms with E-state index in [-0.39, 0.29) is 5.91 Å². The minimum atomic E-state index is 0.155. The Balaban J connectivity index is 2.76. The summed E-state index contributed by atoms with van der Waals surface area (Å²) in [5, 5.41) is 0. The predicted octanol–water partition coefficient (Wildman–Crippen LogP) is 4.31. The minimum Gasteiger partial charge on any atom is -0.339 e. The Morgan fingerprint density at radius 2 is 1.74 bits per heavy atom. The first-order chi connectivity index (χ1) is 9.15. The smallest absolute Gasteiger partial charge is 0.253 e. The molecule has 0 aliphatic carbocycles. The van der Waals surface area contributed by atoms with Crippen LogP contribution >= 0.6 is 11.8 Å². The highest BCUT2D eigenvalue weighted by molar-refractivity contribution is 7.98. The van der Waals surface area contributed by atoms with Gasteiger partial charge in [-0.1, -0.05) is 26.7 Å². The van der Waals surface area contributed by atoms with Gasteiger partial charge in [0.25, 0.3) is 5.91 Å². The molecule has 3 heteroatoms. The number of hydrogen-bond acceptors (Lipinski definition) is 2. The molecule has 19 heavy (non-hydrogen) atoms. The molecule has 0 unspecified atom stereocenters. The largest absolute Gasteiger partial charge is 0.339 e. The monoisotopic (exact) mass is 279 g/mol. The molecular weight excluding hydrogens is 254 g/mol. The number of carbonyl (C=O) groups is 1. The van der Waals surface area contributed by atoms with E-state index in [0.717, 1.165) is 31.5 Å². The molecule has 0 bridgehead atoms. The lowest BCUT2D eigenvalue weighted by Crippen LogP contribution is -2.35. The number of rotatable bonds is 7. The molecule has 2 nitrogen and oxygen atoms in total. The fourth-order valence-electron chi connectivity index (χ4n) is 2.13. The molecule has 0 aromatic heterocycles. The van der Waals surface area contributed by atoms with Gasteiger partial charge in [-0.25, -0.2) is 0 Å². The molecule has 1 amide bonds. The van der Waals surface area contributed by atoms with E-state index in [0.29, 0.717) is 5.92 Å². The Morgan fingerprint density at radius 3 is 2.16 bits per heavy atom. The molecular formula is C16H25NOS. The third-order valence-electron chi connectivity index (χ3n) is 3.64. The number of hydrogen-bond donors (Lipinski definition) is 0. The van der Waals surface area contributed by atoms with Crippen LogP contribution in [0.2, 0.25) is 0 Å². The summed E-state index contributed by atoms with van der Waals surface area (Å²) in [4.78, 5) is 15.6. The lowest BCUT2D eigenvalue weighted by Gasteiger charge is -2.25. The van der Waals surface area contributed by atoms with Gasteiger partial charge in [-0.05, 0) is 43.4 Å². The lowest BCUT2D eigenvalue weighted by molar-refractivity contribution is 0.0735. The van der Waals surface area contributed by atoms with Crippen LogP contribution in [0.3, 0.4) is 0 Å². The van der Waals surface area contributed by atoms with Crippen molar-refractivity contribution in [3.63, 3.8) is 0 Å². The van der Waals surface area contributed by atoms with Crippen molar-refractivity contribution >= 4 is 17.7 Å². The average molecular weight is 279 g/mol. The molecule has 0 radical (unpaired) electrons. The Labute approximate surface area is 121 Å². The SMILES string of the molecule is CCC(CC)CN(CC)C(=O)c1ccc(SC)cc1. The van der Waals surface area contributed by atoms with Gasteiger partial charge in [0.05, 0.1) is 0 Å². The Morgan fingerprint density at radius 1 is 1.16 bits per heavy atom. The topological polar surface area (TPSA) is 20.3 Å². The van der Waals surface area contributed by atoms with Gasteiger partial charge in [0, 0.05) is 23.5 Å². The molecule has 0 aliphatic heterocycles. The van der Waals surface area contributed by atoms with Crippen LogP contribution in [0, 0.1) is 5.92 Å². The second-order valence-electron chi connectivity index (χ2n) is 4.75. The maximum Gasteiger partial charge on any atom is 0.253 e. The molecule has 0 fully saturated rings. The van der Waals surface area contributed by atoms with Gasteiger partial charge in [0.15, 0.2) is 0 Å². The number of benzene rings is 1. The molecule has 1 aromatic rings. The van der Waals surface area contributed by atoms with Gasteiger partial charge < -0.3 is 4.90 Å². The molecule has 1 rings (SSSR count). The van der Waals surface area contributed by atoms with Crippen molar-refractivity contribution < 1.29 is 4.79 Å². The summed E-state index contributed by atoms with van der Waals surface area (Å²) >= 11 is 1.70. The van der Waals surface area contributed by atoms with Crippen LogP contribution in [-0.2, 0) is 0 Å². The maximum absolute atomic E-state index is 12.5. The Kier molecular flexibility index (Phi) is 7.00. The predicted molar refractivity (Wildman–Crippen MR) is 83.9 cm³/mol. The molecule has 0 aliphatic rings. The normalized spacial score (nSPS) is 10.8. The summed E-state index contributed by atoms with van der Waals surface area (Å²) in [5.41, 5.74) is 0.797. The lowest BCUT2D eigenvalue weighted by atomic mass is 10.0. The second-order valence-corrected chi connectivity index (χ2v) is 5.63. The van der Waals surface area contributed by atoms with Crippen LogP contribution in [0.15, 0.2) is 29.2 Å². The van der Waals surface area contributed by atoms with E-state index in [2.05, 4.69) is 20.8 Å². The summed E-state index contributed by atoms with van der Waals surface area (Å²) in [6, 6.07) is 7.90. The molecule has 0 N–H and O–H groups in total. The van der Waals surface area contributed by atoms with Gasteiger partial charge >= 0.3 is 0 Å². The van der Waals surface area contributed by atoms with Gasteiger partial charge in [-0.2, -0.15) is 0 Å². The van der Waals surface area contributed by atoms with Gasteiger partial charge in [0.1, 0.15) is 0 Å².